The number of likely N-dealkylation sites (N-methyl/N-ethyl adjacent to an activating group) is 1. The monoisotopic (exact) mass is 404 g/mol. The van der Waals surface area contributed by atoms with Crippen LogP contribution < -0.4 is 10.6 Å². The Hall–Kier alpha value is -1.63. The van der Waals surface area contributed by atoms with Gasteiger partial charge in [-0.1, -0.05) is 39.8 Å². The Kier molecular flexibility index (Phi) is 9.91. The average molecular weight is 405 g/mol. The van der Waals surface area contributed by atoms with Gasteiger partial charge in [0, 0.05) is 37.4 Å². The molecule has 2 N–H and O–H groups in total. The van der Waals surface area contributed by atoms with Gasteiger partial charge in [0.15, 0.2) is 0 Å². The van der Waals surface area contributed by atoms with Crippen LogP contribution in [0.1, 0.15) is 52.6 Å². The lowest BCUT2D eigenvalue weighted by Crippen LogP contribution is -2.45. The lowest BCUT2D eigenvalue weighted by atomic mass is 10.0. The molecule has 6 heteroatoms. The van der Waals surface area contributed by atoms with Crippen molar-refractivity contribution < 1.29 is 9.53 Å². The molecule has 1 aliphatic rings. The van der Waals surface area contributed by atoms with Crippen LogP contribution in [0.15, 0.2) is 24.3 Å². The van der Waals surface area contributed by atoms with Crippen LogP contribution in [0.2, 0.25) is 0 Å². The summed E-state index contributed by atoms with van der Waals surface area (Å²) in [6, 6.07) is 8.77. The van der Waals surface area contributed by atoms with Gasteiger partial charge in [-0.05, 0) is 50.0 Å². The highest BCUT2D eigenvalue weighted by Gasteiger charge is 2.19. The van der Waals surface area contributed by atoms with E-state index in [1.165, 1.54) is 5.56 Å². The van der Waals surface area contributed by atoms with E-state index in [4.69, 9.17) is 4.74 Å². The fourth-order valence-corrected chi connectivity index (χ4v) is 4.05. The van der Waals surface area contributed by atoms with E-state index in [0.717, 1.165) is 51.5 Å². The van der Waals surface area contributed by atoms with Gasteiger partial charge >= 0.3 is 6.03 Å². The third-order valence-electron chi connectivity index (χ3n) is 5.81. The van der Waals surface area contributed by atoms with Crippen LogP contribution in [-0.4, -0.2) is 67.8 Å². The molecule has 29 heavy (non-hydrogen) atoms. The minimum Gasteiger partial charge on any atom is -0.379 e. The number of amides is 2. The van der Waals surface area contributed by atoms with Crippen LogP contribution in [0.5, 0.6) is 0 Å². The van der Waals surface area contributed by atoms with Crippen molar-refractivity contribution in [3.63, 3.8) is 0 Å². The first-order chi connectivity index (χ1) is 13.9. The largest absolute Gasteiger partial charge is 0.379 e. The lowest BCUT2D eigenvalue weighted by molar-refractivity contribution is 0.0198. The number of nitrogens with zero attached hydrogens (tertiary/aromatic N) is 2. The molecule has 0 spiro atoms. The Labute approximate surface area is 177 Å². The molecule has 0 radical (unpaired) electrons. The van der Waals surface area contributed by atoms with Gasteiger partial charge in [-0.2, -0.15) is 0 Å². The summed E-state index contributed by atoms with van der Waals surface area (Å²) in [5.41, 5.74) is 2.08. The van der Waals surface area contributed by atoms with E-state index in [1.807, 2.05) is 12.1 Å². The molecule has 164 valence electrons. The second-order valence-electron chi connectivity index (χ2n) is 8.29. The molecule has 1 heterocycles. The molecule has 1 fully saturated rings. The molecule has 1 saturated heterocycles. The number of carbonyl (C=O) groups excluding carboxylic acids is 1. The van der Waals surface area contributed by atoms with Crippen molar-refractivity contribution in [2.24, 2.45) is 5.92 Å². The number of urea groups is 1. The Morgan fingerprint density at radius 3 is 2.28 bits per heavy atom. The van der Waals surface area contributed by atoms with Gasteiger partial charge in [-0.25, -0.2) is 4.79 Å². The first kappa shape index (κ1) is 23.6. The van der Waals surface area contributed by atoms with Gasteiger partial charge in [0.05, 0.1) is 13.2 Å². The van der Waals surface area contributed by atoms with E-state index in [2.05, 4.69) is 67.2 Å². The van der Waals surface area contributed by atoms with E-state index in [1.54, 1.807) is 0 Å². The molecule has 2 atom stereocenters. The van der Waals surface area contributed by atoms with E-state index in [-0.39, 0.29) is 6.03 Å². The molecule has 2 rings (SSSR count). The standard InChI is InChI=1S/C23H40N4O2/c1-6-26(7-2)22(16-18(3)4)17-24-23(28)25-21-10-8-20(9-11-21)19(5)27-12-14-29-15-13-27/h8-11,18-19,22H,6-7,12-17H2,1-5H3,(H2,24,25,28). The number of nitrogens with one attached hydrogen (secondary N) is 2. The first-order valence-electron chi connectivity index (χ1n) is 11.1. The summed E-state index contributed by atoms with van der Waals surface area (Å²) < 4.78 is 5.44. The average Bonchev–Trinajstić information content (AvgIpc) is 2.73. The maximum atomic E-state index is 12.4. The topological polar surface area (TPSA) is 56.8 Å². The van der Waals surface area contributed by atoms with Gasteiger partial charge in [0.2, 0.25) is 0 Å². The molecule has 0 saturated carbocycles. The van der Waals surface area contributed by atoms with Gasteiger partial charge < -0.3 is 15.4 Å². The fourth-order valence-electron chi connectivity index (χ4n) is 4.05. The van der Waals surface area contributed by atoms with Crippen LogP contribution in [0.4, 0.5) is 10.5 Å². The number of benzene rings is 1. The zero-order chi connectivity index (χ0) is 21.2. The summed E-state index contributed by atoms with van der Waals surface area (Å²) in [5.74, 6) is 0.603. The van der Waals surface area contributed by atoms with E-state index in [9.17, 15) is 4.79 Å². The summed E-state index contributed by atoms with van der Waals surface area (Å²) in [6.07, 6.45) is 1.08. The lowest BCUT2D eigenvalue weighted by Gasteiger charge is -2.32. The predicted molar refractivity (Wildman–Crippen MR) is 120 cm³/mol. The quantitative estimate of drug-likeness (QED) is 0.620. The molecule has 0 bridgehead atoms. The Morgan fingerprint density at radius 1 is 1.10 bits per heavy atom. The molecule has 1 aromatic carbocycles. The summed E-state index contributed by atoms with van der Waals surface area (Å²) in [4.78, 5) is 17.3. The minimum absolute atomic E-state index is 0.139. The molecule has 0 aromatic heterocycles. The number of hydrogen-bond donors (Lipinski definition) is 2. The number of anilines is 1. The smallest absolute Gasteiger partial charge is 0.319 e. The maximum absolute atomic E-state index is 12.4. The van der Waals surface area contributed by atoms with Crippen molar-refractivity contribution >= 4 is 11.7 Å². The van der Waals surface area contributed by atoms with Gasteiger partial charge in [-0.3, -0.25) is 9.80 Å². The van der Waals surface area contributed by atoms with Gasteiger partial charge in [0.25, 0.3) is 0 Å². The van der Waals surface area contributed by atoms with Crippen molar-refractivity contribution in [1.82, 2.24) is 15.1 Å². The van der Waals surface area contributed by atoms with Crippen molar-refractivity contribution in [2.45, 2.75) is 53.1 Å². The Morgan fingerprint density at radius 2 is 1.72 bits per heavy atom. The summed E-state index contributed by atoms with van der Waals surface area (Å²) in [5, 5.41) is 6.03. The number of carbonyl (C=O) groups is 1. The number of morpholine rings is 1. The third-order valence-corrected chi connectivity index (χ3v) is 5.81. The number of ether oxygens (including phenoxy) is 1. The molecule has 1 aliphatic heterocycles. The summed E-state index contributed by atoms with van der Waals surface area (Å²) >= 11 is 0. The molecular weight excluding hydrogens is 364 g/mol. The van der Waals surface area contributed by atoms with Crippen molar-refractivity contribution in [1.29, 1.82) is 0 Å². The highest BCUT2D eigenvalue weighted by Crippen LogP contribution is 2.22. The second kappa shape index (κ2) is 12.2. The molecule has 2 amide bonds. The van der Waals surface area contributed by atoms with Gasteiger partial charge in [0.1, 0.15) is 0 Å². The molecule has 2 unspecified atom stereocenters. The highest BCUT2D eigenvalue weighted by molar-refractivity contribution is 5.89. The van der Waals surface area contributed by atoms with Crippen LogP contribution in [-0.2, 0) is 4.74 Å². The normalized spacial score (nSPS) is 17.3. The van der Waals surface area contributed by atoms with E-state index >= 15 is 0 Å². The Bertz CT molecular complexity index is 595. The van der Waals surface area contributed by atoms with Crippen LogP contribution in [0.3, 0.4) is 0 Å². The summed E-state index contributed by atoms with van der Waals surface area (Å²) in [7, 11) is 0. The number of hydrogen-bond acceptors (Lipinski definition) is 4. The minimum atomic E-state index is -0.139. The van der Waals surface area contributed by atoms with Crippen molar-refractivity contribution in [3.8, 4) is 0 Å². The van der Waals surface area contributed by atoms with Gasteiger partial charge in [-0.15, -0.1) is 0 Å². The predicted octanol–water partition coefficient (Wildman–Crippen LogP) is 3.96. The molecular formula is C23H40N4O2. The molecule has 0 aliphatic carbocycles. The first-order valence-corrected chi connectivity index (χ1v) is 11.1. The third kappa shape index (κ3) is 7.61. The highest BCUT2D eigenvalue weighted by atomic mass is 16.5. The van der Waals surface area contributed by atoms with Crippen molar-refractivity contribution in [3.05, 3.63) is 29.8 Å². The maximum Gasteiger partial charge on any atom is 0.319 e. The second-order valence-corrected chi connectivity index (χ2v) is 8.29. The van der Waals surface area contributed by atoms with Crippen LogP contribution in [0, 0.1) is 5.92 Å². The van der Waals surface area contributed by atoms with E-state index in [0.29, 0.717) is 24.5 Å². The van der Waals surface area contributed by atoms with Crippen LogP contribution >= 0.6 is 0 Å². The van der Waals surface area contributed by atoms with E-state index < -0.39 is 0 Å². The molecule has 1 aromatic rings. The molecule has 6 nitrogen and oxygen atoms in total. The zero-order valence-corrected chi connectivity index (χ0v) is 18.9. The summed E-state index contributed by atoms with van der Waals surface area (Å²) in [6.45, 7) is 17.2. The number of rotatable bonds is 10. The SMILES string of the molecule is CCN(CC)C(CNC(=O)Nc1ccc(C(C)N2CCOCC2)cc1)CC(C)C. The fraction of sp³-hybridized carbons (Fsp3) is 0.696. The van der Waals surface area contributed by atoms with Crippen LogP contribution in [0.25, 0.3) is 0 Å². The zero-order valence-electron chi connectivity index (χ0n) is 18.9. The van der Waals surface area contributed by atoms with Crippen molar-refractivity contribution in [2.75, 3.05) is 51.3 Å². The Balaban J connectivity index is 1.86.